The smallest absolute Gasteiger partial charge is 0.163 e. The predicted molar refractivity (Wildman–Crippen MR) is 78.3 cm³/mol. The number of benzene rings is 1. The minimum Gasteiger partial charge on any atom is -0.493 e. The minimum atomic E-state index is 0.299. The lowest BCUT2D eigenvalue weighted by atomic mass is 9.92. The monoisotopic (exact) mass is 275 g/mol. The summed E-state index contributed by atoms with van der Waals surface area (Å²) in [6, 6.07) is 4.16. The van der Waals surface area contributed by atoms with Crippen molar-refractivity contribution in [2.24, 2.45) is 5.92 Å². The van der Waals surface area contributed by atoms with Gasteiger partial charge in [-0.05, 0) is 25.3 Å². The van der Waals surface area contributed by atoms with Crippen molar-refractivity contribution in [2.45, 2.75) is 25.8 Å². The Bertz CT molecular complexity index is 567. The van der Waals surface area contributed by atoms with Crippen molar-refractivity contribution in [3.05, 3.63) is 18.0 Å². The number of rotatable bonds is 3. The SMILES string of the molecule is COc1cc2nc(C3NCCCC3C)[nH]c2cc1OC. The Hall–Kier alpha value is -1.75. The first kappa shape index (κ1) is 13.2. The average Bonchev–Trinajstić information content (AvgIpc) is 2.88. The maximum absolute atomic E-state index is 5.33. The van der Waals surface area contributed by atoms with E-state index in [1.165, 1.54) is 12.8 Å². The molecule has 0 bridgehead atoms. The van der Waals surface area contributed by atoms with Crippen LogP contribution in [0.15, 0.2) is 12.1 Å². The molecule has 2 N–H and O–H groups in total. The molecule has 0 aliphatic carbocycles. The molecule has 0 spiro atoms. The van der Waals surface area contributed by atoms with E-state index in [0.29, 0.717) is 17.7 Å². The number of hydrogen-bond donors (Lipinski definition) is 2. The van der Waals surface area contributed by atoms with Gasteiger partial charge in [0.25, 0.3) is 0 Å². The number of imidazole rings is 1. The summed E-state index contributed by atoms with van der Waals surface area (Å²) in [6.45, 7) is 3.32. The Labute approximate surface area is 118 Å². The third-order valence-electron chi connectivity index (χ3n) is 4.07. The van der Waals surface area contributed by atoms with Crippen LogP contribution in [0.5, 0.6) is 11.5 Å². The molecule has 2 heterocycles. The summed E-state index contributed by atoms with van der Waals surface area (Å²) in [5.74, 6) is 3.03. The zero-order valence-corrected chi connectivity index (χ0v) is 12.2. The number of hydrogen-bond acceptors (Lipinski definition) is 4. The maximum Gasteiger partial charge on any atom is 0.163 e. The number of fused-ring (bicyclic) bond motifs is 1. The van der Waals surface area contributed by atoms with Crippen LogP contribution in [0, 0.1) is 5.92 Å². The van der Waals surface area contributed by atoms with Gasteiger partial charge in [0.05, 0.1) is 31.3 Å². The van der Waals surface area contributed by atoms with E-state index >= 15 is 0 Å². The van der Waals surface area contributed by atoms with E-state index in [-0.39, 0.29) is 0 Å². The van der Waals surface area contributed by atoms with Crippen molar-refractivity contribution in [1.82, 2.24) is 15.3 Å². The van der Waals surface area contributed by atoms with E-state index in [2.05, 4.69) is 17.2 Å². The van der Waals surface area contributed by atoms with Crippen LogP contribution < -0.4 is 14.8 Å². The van der Waals surface area contributed by atoms with E-state index in [1.807, 2.05) is 12.1 Å². The average molecular weight is 275 g/mol. The largest absolute Gasteiger partial charge is 0.493 e. The van der Waals surface area contributed by atoms with E-state index in [4.69, 9.17) is 14.5 Å². The third kappa shape index (κ3) is 2.22. The summed E-state index contributed by atoms with van der Waals surface area (Å²) in [5.41, 5.74) is 1.90. The highest BCUT2D eigenvalue weighted by Crippen LogP contribution is 2.33. The van der Waals surface area contributed by atoms with Gasteiger partial charge in [-0.15, -0.1) is 0 Å². The summed E-state index contributed by atoms with van der Waals surface area (Å²) in [4.78, 5) is 8.13. The quantitative estimate of drug-likeness (QED) is 0.904. The highest BCUT2D eigenvalue weighted by molar-refractivity contribution is 5.79. The first-order valence-corrected chi connectivity index (χ1v) is 7.08. The summed E-state index contributed by atoms with van der Waals surface area (Å²) in [6.07, 6.45) is 2.47. The normalized spacial score (nSPS) is 22.9. The van der Waals surface area contributed by atoms with Crippen LogP contribution in [0.4, 0.5) is 0 Å². The van der Waals surface area contributed by atoms with Gasteiger partial charge in [0.2, 0.25) is 0 Å². The van der Waals surface area contributed by atoms with Crippen molar-refractivity contribution >= 4 is 11.0 Å². The fourth-order valence-electron chi connectivity index (χ4n) is 2.92. The molecule has 0 radical (unpaired) electrons. The van der Waals surface area contributed by atoms with Crippen LogP contribution in [0.1, 0.15) is 31.6 Å². The van der Waals surface area contributed by atoms with Crippen molar-refractivity contribution in [3.63, 3.8) is 0 Å². The molecule has 1 aliphatic heterocycles. The molecule has 2 unspecified atom stereocenters. The molecule has 0 amide bonds. The zero-order chi connectivity index (χ0) is 14.1. The van der Waals surface area contributed by atoms with Gasteiger partial charge in [0, 0.05) is 12.1 Å². The van der Waals surface area contributed by atoms with Crippen LogP contribution >= 0.6 is 0 Å². The molecule has 1 fully saturated rings. The van der Waals surface area contributed by atoms with Crippen LogP contribution in [0.2, 0.25) is 0 Å². The van der Waals surface area contributed by atoms with E-state index in [0.717, 1.165) is 29.2 Å². The number of methoxy groups -OCH3 is 2. The minimum absolute atomic E-state index is 0.299. The number of aromatic nitrogens is 2. The Kier molecular flexibility index (Phi) is 3.53. The number of nitrogens with one attached hydrogen (secondary N) is 2. The van der Waals surface area contributed by atoms with Gasteiger partial charge >= 0.3 is 0 Å². The molecule has 108 valence electrons. The second-order valence-electron chi connectivity index (χ2n) is 5.40. The molecule has 3 rings (SSSR count). The standard InChI is InChI=1S/C15H21N3O2/c1-9-5-4-6-16-14(9)15-17-10-7-12(19-2)13(20-3)8-11(10)18-15/h7-9,14,16H,4-6H2,1-3H3,(H,17,18). The molecule has 1 aliphatic rings. The highest BCUT2D eigenvalue weighted by atomic mass is 16.5. The molecular weight excluding hydrogens is 254 g/mol. The van der Waals surface area contributed by atoms with Gasteiger partial charge in [0.15, 0.2) is 11.5 Å². The third-order valence-corrected chi connectivity index (χ3v) is 4.07. The summed E-state index contributed by atoms with van der Waals surface area (Å²) >= 11 is 0. The topological polar surface area (TPSA) is 59.2 Å². The van der Waals surface area contributed by atoms with Crippen LogP contribution in [-0.2, 0) is 0 Å². The molecule has 1 aromatic carbocycles. The van der Waals surface area contributed by atoms with E-state index in [1.54, 1.807) is 14.2 Å². The molecule has 0 saturated carbocycles. The number of ether oxygens (including phenoxy) is 2. The van der Waals surface area contributed by atoms with Gasteiger partial charge in [-0.2, -0.15) is 0 Å². The fourth-order valence-corrected chi connectivity index (χ4v) is 2.92. The fraction of sp³-hybridized carbons (Fsp3) is 0.533. The van der Waals surface area contributed by atoms with Gasteiger partial charge in [-0.3, -0.25) is 0 Å². The van der Waals surface area contributed by atoms with Crippen molar-refractivity contribution in [3.8, 4) is 11.5 Å². The first-order valence-electron chi connectivity index (χ1n) is 7.08. The summed E-state index contributed by atoms with van der Waals surface area (Å²) in [7, 11) is 3.29. The molecule has 20 heavy (non-hydrogen) atoms. The molecule has 5 nitrogen and oxygen atoms in total. The lowest BCUT2D eigenvalue weighted by Gasteiger charge is -2.28. The highest BCUT2D eigenvalue weighted by Gasteiger charge is 2.25. The van der Waals surface area contributed by atoms with Crippen molar-refractivity contribution < 1.29 is 9.47 Å². The van der Waals surface area contributed by atoms with Crippen molar-refractivity contribution in [1.29, 1.82) is 0 Å². The molecule has 2 aromatic rings. The first-order chi connectivity index (χ1) is 9.72. The van der Waals surface area contributed by atoms with Gasteiger partial charge in [-0.25, -0.2) is 4.98 Å². The van der Waals surface area contributed by atoms with Crippen LogP contribution in [-0.4, -0.2) is 30.7 Å². The zero-order valence-electron chi connectivity index (χ0n) is 12.2. The number of piperidine rings is 1. The Balaban J connectivity index is 2.01. The molecule has 5 heteroatoms. The molecule has 1 saturated heterocycles. The number of aromatic amines is 1. The van der Waals surface area contributed by atoms with Gasteiger partial charge < -0.3 is 19.8 Å². The Morgan fingerprint density at radius 1 is 1.20 bits per heavy atom. The molecule has 2 atom stereocenters. The Morgan fingerprint density at radius 3 is 2.65 bits per heavy atom. The maximum atomic E-state index is 5.33. The van der Waals surface area contributed by atoms with E-state index in [9.17, 15) is 0 Å². The van der Waals surface area contributed by atoms with Crippen molar-refractivity contribution in [2.75, 3.05) is 20.8 Å². The molecular formula is C15H21N3O2. The number of nitrogens with zero attached hydrogens (tertiary/aromatic N) is 1. The van der Waals surface area contributed by atoms with Crippen LogP contribution in [0.3, 0.4) is 0 Å². The number of H-pyrrole nitrogens is 1. The Morgan fingerprint density at radius 2 is 1.95 bits per heavy atom. The van der Waals surface area contributed by atoms with Gasteiger partial charge in [-0.1, -0.05) is 6.92 Å². The van der Waals surface area contributed by atoms with Crippen LogP contribution in [0.25, 0.3) is 11.0 Å². The lowest BCUT2D eigenvalue weighted by Crippen LogP contribution is -2.33. The molecule has 1 aromatic heterocycles. The second-order valence-corrected chi connectivity index (χ2v) is 5.40. The predicted octanol–water partition coefficient (Wildman–Crippen LogP) is 2.64. The van der Waals surface area contributed by atoms with Gasteiger partial charge in [0.1, 0.15) is 5.82 Å². The summed E-state index contributed by atoms with van der Waals surface area (Å²) < 4.78 is 10.7. The lowest BCUT2D eigenvalue weighted by molar-refractivity contribution is 0.296. The van der Waals surface area contributed by atoms with E-state index < -0.39 is 0 Å². The summed E-state index contributed by atoms with van der Waals surface area (Å²) in [5, 5.41) is 3.55. The second kappa shape index (κ2) is 5.32.